The van der Waals surface area contributed by atoms with Gasteiger partial charge in [0.2, 0.25) is 0 Å². The molecule has 0 aromatic rings. The number of nitrogens with zero attached hydrogens (tertiary/aromatic N) is 6. The number of nitrogens with one attached hydrogen (secondary N) is 2. The molecule has 32 heavy (non-hydrogen) atoms. The van der Waals surface area contributed by atoms with Gasteiger partial charge in [-0.25, -0.2) is 4.79 Å². The molecule has 0 saturated carbocycles. The van der Waals surface area contributed by atoms with Gasteiger partial charge in [-0.3, -0.25) is 4.79 Å². The molecule has 0 saturated heterocycles. The first-order chi connectivity index (χ1) is 14.8. The Hall–Kier alpha value is -3.15. The summed E-state index contributed by atoms with van der Waals surface area (Å²) in [4.78, 5) is 28.4. The fraction of sp³-hybridized carbons (Fsp3) is 0.765. The zero-order valence-electron chi connectivity index (χ0n) is 17.7. The number of carbonyl (C=O) groups is 2. The summed E-state index contributed by atoms with van der Waals surface area (Å²) in [6.45, 7) is 3.85. The fourth-order valence-corrected chi connectivity index (χ4v) is 3.37. The second-order valence-corrected chi connectivity index (χ2v) is 8.05. The molecular formula is C17H25F3N8O4. The van der Waals surface area contributed by atoms with E-state index in [2.05, 4.69) is 25.4 Å². The number of hydrogen-bond acceptors (Lipinski definition) is 6. The highest BCUT2D eigenvalue weighted by Gasteiger charge is 2.42. The zero-order chi connectivity index (χ0) is 24.5. The van der Waals surface area contributed by atoms with Crippen molar-refractivity contribution >= 4 is 12.0 Å². The van der Waals surface area contributed by atoms with Crippen LogP contribution in [0.4, 0.5) is 18.0 Å². The third kappa shape index (κ3) is 8.53. The van der Waals surface area contributed by atoms with Crippen molar-refractivity contribution in [3.8, 4) is 0 Å². The lowest BCUT2D eigenvalue weighted by Crippen LogP contribution is -2.45. The van der Waals surface area contributed by atoms with Crippen molar-refractivity contribution in [2.24, 2.45) is 28.0 Å². The lowest BCUT2D eigenvalue weighted by atomic mass is 9.82. The van der Waals surface area contributed by atoms with Gasteiger partial charge < -0.3 is 20.5 Å². The molecule has 0 unspecified atom stereocenters. The minimum Gasteiger partial charge on any atom is -0.444 e. The molecule has 0 spiro atoms. The lowest BCUT2D eigenvalue weighted by molar-refractivity contribution is -0.174. The highest BCUT2D eigenvalue weighted by Crippen LogP contribution is 2.39. The van der Waals surface area contributed by atoms with Gasteiger partial charge in [0, 0.05) is 41.9 Å². The van der Waals surface area contributed by atoms with Crippen LogP contribution in [0.3, 0.4) is 0 Å². The summed E-state index contributed by atoms with van der Waals surface area (Å²) in [6, 6.07) is 0. The number of hydrogen-bond donors (Lipinski definition) is 3. The Bertz CT molecular complexity index is 814. The number of alkyl carbamates (subject to hydrolysis) is 1. The molecule has 1 aliphatic rings. The predicted octanol–water partition coefficient (Wildman–Crippen LogP) is 2.96. The maximum Gasteiger partial charge on any atom is 0.471 e. The normalized spacial score (nSPS) is 21.5. The van der Waals surface area contributed by atoms with E-state index in [1.54, 1.807) is 32.2 Å². The standard InChI is InChI=1S/C17H25F3N8O4/c1-16(2,3)32-15(31)24-5-10-4-9(6-25-27-21)11(7-26-28-22)13(10)12(29)8-23-14(30)17(18,19)20/h4,9,11-13,29H,5-8H2,1-3H3,(H,23,30)(H,24,31)/t9-,11-,12-,13-/m1/s1. The van der Waals surface area contributed by atoms with E-state index in [1.807, 2.05) is 0 Å². The van der Waals surface area contributed by atoms with Crippen LogP contribution in [0.2, 0.25) is 0 Å². The van der Waals surface area contributed by atoms with Crippen LogP contribution in [0.15, 0.2) is 21.9 Å². The molecule has 0 aliphatic heterocycles. The first-order valence-electron chi connectivity index (χ1n) is 9.52. The largest absolute Gasteiger partial charge is 0.471 e. The smallest absolute Gasteiger partial charge is 0.444 e. The van der Waals surface area contributed by atoms with E-state index >= 15 is 0 Å². The Morgan fingerprint density at radius 1 is 1.19 bits per heavy atom. The van der Waals surface area contributed by atoms with Crippen molar-refractivity contribution < 1.29 is 32.6 Å². The van der Waals surface area contributed by atoms with Gasteiger partial charge in [-0.2, -0.15) is 13.2 Å². The van der Waals surface area contributed by atoms with Crippen LogP contribution in [-0.4, -0.2) is 61.2 Å². The number of aliphatic hydroxyl groups excluding tert-OH is 1. The summed E-state index contributed by atoms with van der Waals surface area (Å²) in [5, 5.41) is 21.7. The first kappa shape index (κ1) is 26.9. The van der Waals surface area contributed by atoms with Gasteiger partial charge in [0.1, 0.15) is 5.60 Å². The molecule has 0 heterocycles. The van der Waals surface area contributed by atoms with E-state index in [0.29, 0.717) is 5.57 Å². The lowest BCUT2D eigenvalue weighted by Gasteiger charge is -2.30. The van der Waals surface area contributed by atoms with Crippen LogP contribution in [0.25, 0.3) is 20.9 Å². The maximum atomic E-state index is 12.5. The minimum atomic E-state index is -5.12. The molecule has 2 amide bonds. The Kier molecular flexibility index (Phi) is 9.63. The molecule has 12 nitrogen and oxygen atoms in total. The van der Waals surface area contributed by atoms with E-state index in [-0.39, 0.29) is 19.6 Å². The van der Waals surface area contributed by atoms with Crippen LogP contribution < -0.4 is 10.6 Å². The van der Waals surface area contributed by atoms with Crippen molar-refractivity contribution in [3.05, 3.63) is 32.5 Å². The monoisotopic (exact) mass is 462 g/mol. The number of ether oxygens (including phenoxy) is 1. The number of halogens is 3. The van der Waals surface area contributed by atoms with Crippen LogP contribution >= 0.6 is 0 Å². The van der Waals surface area contributed by atoms with Gasteiger partial charge in [0.25, 0.3) is 0 Å². The van der Waals surface area contributed by atoms with Gasteiger partial charge in [-0.15, -0.1) is 0 Å². The molecular weight excluding hydrogens is 437 g/mol. The van der Waals surface area contributed by atoms with Gasteiger partial charge in [-0.05, 0) is 49.2 Å². The number of carbonyl (C=O) groups excluding carboxylic acids is 2. The summed E-state index contributed by atoms with van der Waals surface area (Å²) < 4.78 is 42.6. The average Bonchev–Trinajstić information content (AvgIpc) is 3.02. The van der Waals surface area contributed by atoms with Crippen LogP contribution in [0.5, 0.6) is 0 Å². The maximum absolute atomic E-state index is 12.5. The van der Waals surface area contributed by atoms with Crippen molar-refractivity contribution in [1.29, 1.82) is 0 Å². The SMILES string of the molecule is CC(C)(C)OC(=O)NCC1=C[C@H](CN=[N+]=[N-])[C@@H](CN=[N+]=[N-])[C@@H]1[C@H](O)CNC(=O)C(F)(F)F. The van der Waals surface area contributed by atoms with Crippen molar-refractivity contribution in [1.82, 2.24) is 10.6 Å². The number of aliphatic hydroxyl groups is 1. The van der Waals surface area contributed by atoms with E-state index in [0.717, 1.165) is 0 Å². The second-order valence-electron chi connectivity index (χ2n) is 8.05. The van der Waals surface area contributed by atoms with Gasteiger partial charge in [0.05, 0.1) is 6.10 Å². The number of alkyl halides is 3. The van der Waals surface area contributed by atoms with Crippen molar-refractivity contribution in [2.45, 2.75) is 38.7 Å². The summed E-state index contributed by atoms with van der Waals surface area (Å²) in [5.41, 5.74) is 16.9. The molecule has 178 valence electrons. The quantitative estimate of drug-likeness (QED) is 0.206. The highest BCUT2D eigenvalue weighted by atomic mass is 19.4. The second kappa shape index (κ2) is 11.5. The Labute approximate surface area is 181 Å². The summed E-state index contributed by atoms with van der Waals surface area (Å²) in [6.07, 6.45) is -5.80. The topological polar surface area (TPSA) is 185 Å². The van der Waals surface area contributed by atoms with Gasteiger partial charge in [-0.1, -0.05) is 16.3 Å². The molecule has 1 aliphatic carbocycles. The fourth-order valence-electron chi connectivity index (χ4n) is 3.37. The van der Waals surface area contributed by atoms with E-state index < -0.39 is 54.2 Å². The molecule has 0 aromatic heterocycles. The van der Waals surface area contributed by atoms with Crippen LogP contribution in [0, 0.1) is 17.8 Å². The van der Waals surface area contributed by atoms with E-state index in [4.69, 9.17) is 15.8 Å². The highest BCUT2D eigenvalue weighted by molar-refractivity contribution is 5.81. The van der Waals surface area contributed by atoms with E-state index in [1.165, 1.54) is 0 Å². The Morgan fingerprint density at radius 2 is 1.78 bits per heavy atom. The molecule has 15 heteroatoms. The minimum absolute atomic E-state index is 0.0732. The van der Waals surface area contributed by atoms with Gasteiger partial charge in [0.15, 0.2) is 0 Å². The molecule has 0 aromatic carbocycles. The Balaban J connectivity index is 3.09. The summed E-state index contributed by atoms with van der Waals surface area (Å²) in [7, 11) is 0. The zero-order valence-corrected chi connectivity index (χ0v) is 17.7. The molecule has 0 radical (unpaired) electrons. The third-order valence-corrected chi connectivity index (χ3v) is 4.56. The molecule has 0 fully saturated rings. The number of rotatable bonds is 9. The summed E-state index contributed by atoms with van der Waals surface area (Å²) >= 11 is 0. The number of azide groups is 2. The summed E-state index contributed by atoms with van der Waals surface area (Å²) in [5.74, 6) is -4.29. The predicted molar refractivity (Wildman–Crippen MR) is 106 cm³/mol. The van der Waals surface area contributed by atoms with Crippen LogP contribution in [0.1, 0.15) is 20.8 Å². The molecule has 0 bridgehead atoms. The molecule has 1 rings (SSSR count). The first-order valence-corrected chi connectivity index (χ1v) is 9.52. The Morgan fingerprint density at radius 3 is 2.31 bits per heavy atom. The van der Waals surface area contributed by atoms with Crippen LogP contribution in [-0.2, 0) is 9.53 Å². The molecule has 3 N–H and O–H groups in total. The van der Waals surface area contributed by atoms with Crippen molar-refractivity contribution in [3.63, 3.8) is 0 Å². The molecule has 4 atom stereocenters. The van der Waals surface area contributed by atoms with Gasteiger partial charge >= 0.3 is 18.2 Å². The third-order valence-electron chi connectivity index (χ3n) is 4.56. The van der Waals surface area contributed by atoms with E-state index in [9.17, 15) is 27.9 Å². The number of amides is 2. The average molecular weight is 462 g/mol. The van der Waals surface area contributed by atoms with Crippen molar-refractivity contribution in [2.75, 3.05) is 26.2 Å².